The highest BCUT2D eigenvalue weighted by atomic mass is 16.2. The number of carbonyl (C=O) groups excluding carboxylic acids is 2. The molecule has 0 saturated carbocycles. The third kappa shape index (κ3) is 4.83. The highest BCUT2D eigenvalue weighted by molar-refractivity contribution is 5.93. The van der Waals surface area contributed by atoms with Gasteiger partial charge in [0, 0.05) is 30.1 Å². The van der Waals surface area contributed by atoms with E-state index < -0.39 is 0 Å². The largest absolute Gasteiger partial charge is 0.342 e. The Hall–Kier alpha value is -1.84. The summed E-state index contributed by atoms with van der Waals surface area (Å²) in [6, 6.07) is 8.06. The molecular formula is C21H32N2O2. The lowest BCUT2D eigenvalue weighted by Crippen LogP contribution is -2.45. The zero-order chi connectivity index (χ0) is 18.6. The number of carbonyl (C=O) groups is 2. The van der Waals surface area contributed by atoms with E-state index in [1.807, 2.05) is 43.9 Å². The number of likely N-dealkylation sites (tertiary alicyclic amines) is 1. The third-order valence-corrected chi connectivity index (χ3v) is 5.16. The highest BCUT2D eigenvalue weighted by Crippen LogP contribution is 2.28. The zero-order valence-corrected chi connectivity index (χ0v) is 16.3. The van der Waals surface area contributed by atoms with E-state index in [0.29, 0.717) is 19.0 Å². The minimum atomic E-state index is -0.357. The van der Waals surface area contributed by atoms with E-state index >= 15 is 0 Å². The first kappa shape index (κ1) is 19.5. The molecule has 1 atom stereocenters. The molecule has 1 saturated heterocycles. The van der Waals surface area contributed by atoms with Crippen molar-refractivity contribution in [2.45, 2.75) is 59.8 Å². The first-order valence-electron chi connectivity index (χ1n) is 9.43. The van der Waals surface area contributed by atoms with E-state index in [4.69, 9.17) is 0 Å². The number of hydrogen-bond acceptors (Lipinski definition) is 2. The molecule has 1 fully saturated rings. The third-order valence-electron chi connectivity index (χ3n) is 5.16. The lowest BCUT2D eigenvalue weighted by Gasteiger charge is -2.35. The Balaban J connectivity index is 1.97. The van der Waals surface area contributed by atoms with Crippen LogP contribution < -0.4 is 5.32 Å². The maximum atomic E-state index is 12.7. The van der Waals surface area contributed by atoms with Gasteiger partial charge in [-0.1, -0.05) is 52.8 Å². The van der Waals surface area contributed by atoms with Crippen LogP contribution >= 0.6 is 0 Å². The van der Waals surface area contributed by atoms with Gasteiger partial charge in [0.15, 0.2) is 0 Å². The normalized spacial score (nSPS) is 17.2. The van der Waals surface area contributed by atoms with Gasteiger partial charge in [0.25, 0.3) is 0 Å². The Bertz CT molecular complexity index is 611. The average molecular weight is 344 g/mol. The topological polar surface area (TPSA) is 49.4 Å². The van der Waals surface area contributed by atoms with Crippen LogP contribution in [0.3, 0.4) is 0 Å². The molecule has 1 N–H and O–H groups in total. The van der Waals surface area contributed by atoms with Gasteiger partial charge in [-0.25, -0.2) is 0 Å². The summed E-state index contributed by atoms with van der Waals surface area (Å²) in [5, 5.41) is 3.13. The van der Waals surface area contributed by atoms with Crippen molar-refractivity contribution in [3.05, 3.63) is 29.8 Å². The molecule has 4 nitrogen and oxygen atoms in total. The molecule has 2 amide bonds. The highest BCUT2D eigenvalue weighted by Gasteiger charge is 2.32. The average Bonchev–Trinajstić information content (AvgIpc) is 2.60. The van der Waals surface area contributed by atoms with Crippen LogP contribution in [-0.2, 0) is 9.59 Å². The summed E-state index contributed by atoms with van der Waals surface area (Å²) < 4.78 is 0. The van der Waals surface area contributed by atoms with Crippen molar-refractivity contribution in [3.63, 3.8) is 0 Å². The molecule has 0 radical (unpaired) electrons. The summed E-state index contributed by atoms with van der Waals surface area (Å²) in [7, 11) is 0. The van der Waals surface area contributed by atoms with E-state index in [1.54, 1.807) is 0 Å². The van der Waals surface area contributed by atoms with Gasteiger partial charge in [0.1, 0.15) is 0 Å². The Labute approximate surface area is 152 Å². The standard InChI is InChI=1S/C21H32N2O2/c1-6-15(2)17-9-7-8-10-18(17)22-19(24)16-11-13-23(14-12-16)20(25)21(3,4)5/h7-10,15-16H,6,11-14H2,1-5H3,(H,22,24)/t15-/m0/s1. The Kier molecular flexibility index (Phi) is 6.26. The molecule has 0 aliphatic carbocycles. The van der Waals surface area contributed by atoms with Gasteiger partial charge in [-0.05, 0) is 36.8 Å². The van der Waals surface area contributed by atoms with Gasteiger partial charge in [0.2, 0.25) is 11.8 Å². The Morgan fingerprint density at radius 2 is 1.80 bits per heavy atom. The van der Waals surface area contributed by atoms with Crippen LogP contribution in [0.2, 0.25) is 0 Å². The number of anilines is 1. The quantitative estimate of drug-likeness (QED) is 0.879. The van der Waals surface area contributed by atoms with Gasteiger partial charge in [-0.15, -0.1) is 0 Å². The summed E-state index contributed by atoms with van der Waals surface area (Å²) in [5.74, 6) is 0.656. The van der Waals surface area contributed by atoms with Crippen LogP contribution in [0.5, 0.6) is 0 Å². The summed E-state index contributed by atoms with van der Waals surface area (Å²) in [6.07, 6.45) is 2.51. The summed E-state index contributed by atoms with van der Waals surface area (Å²) in [4.78, 5) is 27.0. The zero-order valence-electron chi connectivity index (χ0n) is 16.3. The second kappa shape index (κ2) is 8.03. The predicted octanol–water partition coefficient (Wildman–Crippen LogP) is 4.42. The molecule has 25 heavy (non-hydrogen) atoms. The SMILES string of the molecule is CC[C@H](C)c1ccccc1NC(=O)C1CCN(C(=O)C(C)(C)C)CC1. The molecule has 1 aromatic carbocycles. The number of benzene rings is 1. The van der Waals surface area contributed by atoms with E-state index in [2.05, 4.69) is 25.2 Å². The maximum absolute atomic E-state index is 12.7. The first-order chi connectivity index (χ1) is 11.7. The molecule has 0 aromatic heterocycles. The van der Waals surface area contributed by atoms with Crippen LogP contribution in [-0.4, -0.2) is 29.8 Å². The van der Waals surface area contributed by atoms with Crippen LogP contribution in [0.15, 0.2) is 24.3 Å². The van der Waals surface area contributed by atoms with Gasteiger partial charge in [0.05, 0.1) is 0 Å². The number of para-hydroxylation sites is 1. The number of piperidine rings is 1. The van der Waals surface area contributed by atoms with Crippen LogP contribution in [0.1, 0.15) is 65.4 Å². The number of nitrogens with zero attached hydrogens (tertiary/aromatic N) is 1. The van der Waals surface area contributed by atoms with Crippen LogP contribution in [0.4, 0.5) is 5.69 Å². The molecule has 2 rings (SSSR count). The van der Waals surface area contributed by atoms with E-state index in [9.17, 15) is 9.59 Å². The molecular weight excluding hydrogens is 312 g/mol. The van der Waals surface area contributed by atoms with Crippen molar-refractivity contribution in [2.75, 3.05) is 18.4 Å². The minimum Gasteiger partial charge on any atom is -0.342 e. The van der Waals surface area contributed by atoms with Gasteiger partial charge >= 0.3 is 0 Å². The molecule has 1 aromatic rings. The number of rotatable bonds is 4. The fourth-order valence-corrected chi connectivity index (χ4v) is 3.31. The van der Waals surface area contributed by atoms with Crippen molar-refractivity contribution >= 4 is 17.5 Å². The van der Waals surface area contributed by atoms with Crippen molar-refractivity contribution in [2.24, 2.45) is 11.3 Å². The molecule has 0 spiro atoms. The fourth-order valence-electron chi connectivity index (χ4n) is 3.31. The molecule has 138 valence electrons. The van der Waals surface area contributed by atoms with E-state index in [0.717, 1.165) is 24.9 Å². The number of nitrogens with one attached hydrogen (secondary N) is 1. The van der Waals surface area contributed by atoms with Crippen LogP contribution in [0.25, 0.3) is 0 Å². The molecule has 1 aliphatic heterocycles. The summed E-state index contributed by atoms with van der Waals surface area (Å²) in [6.45, 7) is 11.5. The van der Waals surface area contributed by atoms with E-state index in [-0.39, 0.29) is 23.1 Å². The van der Waals surface area contributed by atoms with Gasteiger partial charge in [-0.2, -0.15) is 0 Å². The lowest BCUT2D eigenvalue weighted by atomic mass is 9.90. The van der Waals surface area contributed by atoms with Gasteiger partial charge in [-0.3, -0.25) is 9.59 Å². The molecule has 0 unspecified atom stereocenters. The molecule has 0 bridgehead atoms. The minimum absolute atomic E-state index is 0.0194. The second-order valence-corrected chi connectivity index (χ2v) is 8.20. The van der Waals surface area contributed by atoms with Crippen molar-refractivity contribution in [3.8, 4) is 0 Å². The number of amides is 2. The smallest absolute Gasteiger partial charge is 0.227 e. The number of hydrogen-bond donors (Lipinski definition) is 1. The first-order valence-corrected chi connectivity index (χ1v) is 9.43. The maximum Gasteiger partial charge on any atom is 0.227 e. The Morgan fingerprint density at radius 1 is 1.20 bits per heavy atom. The summed E-state index contributed by atoms with van der Waals surface area (Å²) in [5.41, 5.74) is 1.76. The fraction of sp³-hybridized carbons (Fsp3) is 0.619. The molecule has 1 heterocycles. The second-order valence-electron chi connectivity index (χ2n) is 8.20. The summed E-state index contributed by atoms with van der Waals surface area (Å²) >= 11 is 0. The van der Waals surface area contributed by atoms with Crippen LogP contribution in [0, 0.1) is 11.3 Å². The molecule has 1 aliphatic rings. The van der Waals surface area contributed by atoms with Crippen molar-refractivity contribution in [1.82, 2.24) is 4.90 Å². The predicted molar refractivity (Wildman–Crippen MR) is 103 cm³/mol. The Morgan fingerprint density at radius 3 is 2.36 bits per heavy atom. The lowest BCUT2D eigenvalue weighted by molar-refractivity contribution is -0.142. The van der Waals surface area contributed by atoms with Crippen molar-refractivity contribution in [1.29, 1.82) is 0 Å². The van der Waals surface area contributed by atoms with Gasteiger partial charge < -0.3 is 10.2 Å². The van der Waals surface area contributed by atoms with Crippen molar-refractivity contribution < 1.29 is 9.59 Å². The van der Waals surface area contributed by atoms with E-state index in [1.165, 1.54) is 5.56 Å². The molecule has 4 heteroatoms. The monoisotopic (exact) mass is 344 g/mol.